The van der Waals surface area contributed by atoms with Crippen molar-refractivity contribution in [3.05, 3.63) is 65.7 Å². The van der Waals surface area contributed by atoms with Crippen LogP contribution in [0.1, 0.15) is 42.4 Å². The van der Waals surface area contributed by atoms with E-state index >= 15 is 0 Å². The lowest BCUT2D eigenvalue weighted by Crippen LogP contribution is -2.02. The molecule has 0 radical (unpaired) electrons. The van der Waals surface area contributed by atoms with Gasteiger partial charge >= 0.3 is 0 Å². The van der Waals surface area contributed by atoms with Crippen molar-refractivity contribution in [3.63, 3.8) is 0 Å². The minimum atomic E-state index is 0.155. The van der Waals surface area contributed by atoms with Crippen molar-refractivity contribution in [3.8, 4) is 34.9 Å². The second kappa shape index (κ2) is 9.87. The lowest BCUT2D eigenvalue weighted by atomic mass is 9.97. The largest absolute Gasteiger partial charge is 0.263 e. The van der Waals surface area contributed by atoms with Crippen molar-refractivity contribution in [2.45, 2.75) is 31.6 Å². The molecule has 0 aliphatic carbocycles. The Hall–Kier alpha value is -3.70. The van der Waals surface area contributed by atoms with Crippen molar-refractivity contribution in [1.29, 1.82) is 0 Å². The number of terminal acetylenes is 1. The summed E-state index contributed by atoms with van der Waals surface area (Å²) >= 11 is 5.02. The molecule has 0 saturated heterocycles. The highest BCUT2D eigenvalue weighted by Crippen LogP contribution is 2.30. The molecule has 31 heavy (non-hydrogen) atoms. The lowest BCUT2D eigenvalue weighted by molar-refractivity contribution is 0.628. The van der Waals surface area contributed by atoms with Crippen LogP contribution in [-0.2, 0) is 6.42 Å². The summed E-state index contributed by atoms with van der Waals surface area (Å²) < 4.78 is 0. The third-order valence-corrected chi connectivity index (χ3v) is 5.27. The third-order valence-electron chi connectivity index (χ3n) is 5.08. The van der Waals surface area contributed by atoms with Gasteiger partial charge in [-0.3, -0.25) is 5.10 Å². The molecule has 0 spiro atoms. The summed E-state index contributed by atoms with van der Waals surface area (Å²) in [6.07, 6.45) is 8.32. The first-order chi connectivity index (χ1) is 15.3. The van der Waals surface area contributed by atoms with Gasteiger partial charge in [0.2, 0.25) is 5.82 Å². The molecule has 2 aromatic heterocycles. The molecule has 0 fully saturated rings. The summed E-state index contributed by atoms with van der Waals surface area (Å²) in [6.45, 7) is 0. The fraction of sp³-hybridized carbons (Fsp3) is 0.217. The van der Waals surface area contributed by atoms with E-state index in [9.17, 15) is 0 Å². The van der Waals surface area contributed by atoms with Crippen molar-refractivity contribution in [1.82, 2.24) is 35.8 Å². The zero-order valence-corrected chi connectivity index (χ0v) is 17.6. The highest BCUT2D eigenvalue weighted by Gasteiger charge is 2.16. The van der Waals surface area contributed by atoms with Crippen molar-refractivity contribution in [2.75, 3.05) is 0 Å². The van der Waals surface area contributed by atoms with E-state index in [0.29, 0.717) is 18.7 Å². The molecule has 0 aliphatic rings. The van der Waals surface area contributed by atoms with E-state index in [2.05, 4.69) is 72.1 Å². The van der Waals surface area contributed by atoms with Crippen LogP contribution in [0.15, 0.2) is 48.5 Å². The van der Waals surface area contributed by atoms with E-state index in [1.54, 1.807) is 5.37 Å². The molecule has 2 heterocycles. The number of H-pyrrole nitrogens is 2. The van der Waals surface area contributed by atoms with E-state index in [0.717, 1.165) is 46.7 Å². The van der Waals surface area contributed by atoms with Gasteiger partial charge in [0.05, 0.1) is 0 Å². The monoisotopic (exact) mass is 427 g/mol. The van der Waals surface area contributed by atoms with Crippen LogP contribution in [0.4, 0.5) is 0 Å². The molecule has 4 aromatic rings. The fourth-order valence-electron chi connectivity index (χ4n) is 3.50. The number of nitrogens with zero attached hydrogens (tertiary/aromatic N) is 5. The van der Waals surface area contributed by atoms with Crippen LogP contribution in [0.2, 0.25) is 0 Å². The molecule has 0 bridgehead atoms. The summed E-state index contributed by atoms with van der Waals surface area (Å²) in [6, 6.07) is 16.4. The van der Waals surface area contributed by atoms with Crippen LogP contribution < -0.4 is 0 Å². The van der Waals surface area contributed by atoms with Gasteiger partial charge in [0, 0.05) is 24.3 Å². The Bertz CT molecular complexity index is 1170. The molecule has 0 saturated carbocycles. The molecular weight excluding hydrogens is 406 g/mol. The van der Waals surface area contributed by atoms with Gasteiger partial charge < -0.3 is 0 Å². The van der Waals surface area contributed by atoms with Gasteiger partial charge in [-0.25, -0.2) is 4.98 Å². The normalized spacial score (nSPS) is 11.7. The predicted octanol–water partition coefficient (Wildman–Crippen LogP) is 4.13. The number of tetrazole rings is 1. The van der Waals surface area contributed by atoms with Gasteiger partial charge in [-0.2, -0.15) is 10.3 Å². The number of aromatic amines is 2. The number of hydrogen-bond acceptors (Lipinski definition) is 6. The topological polar surface area (TPSA) is 96.0 Å². The fourth-order valence-corrected chi connectivity index (χ4v) is 3.73. The number of nitrogens with one attached hydrogen (secondary N) is 2. The minimum absolute atomic E-state index is 0.155. The van der Waals surface area contributed by atoms with Gasteiger partial charge in [-0.05, 0) is 40.1 Å². The van der Waals surface area contributed by atoms with Crippen molar-refractivity contribution >= 4 is 17.6 Å². The van der Waals surface area contributed by atoms with Crippen LogP contribution >= 0.6 is 12.2 Å². The first kappa shape index (κ1) is 20.6. The van der Waals surface area contributed by atoms with Gasteiger partial charge in [0.25, 0.3) is 0 Å². The second-order valence-corrected chi connectivity index (χ2v) is 7.47. The second-order valence-electron chi connectivity index (χ2n) is 7.14. The van der Waals surface area contributed by atoms with Gasteiger partial charge in [-0.1, -0.05) is 60.7 Å². The van der Waals surface area contributed by atoms with E-state index in [-0.39, 0.29) is 5.92 Å². The summed E-state index contributed by atoms with van der Waals surface area (Å²) in [7, 11) is 0. The van der Waals surface area contributed by atoms with Crippen LogP contribution in [0, 0.1) is 12.3 Å². The summed E-state index contributed by atoms with van der Waals surface area (Å²) in [4.78, 5) is 4.68. The first-order valence-corrected chi connectivity index (χ1v) is 10.5. The molecule has 7 nitrogen and oxygen atoms in total. The van der Waals surface area contributed by atoms with Crippen LogP contribution in [-0.4, -0.2) is 41.2 Å². The van der Waals surface area contributed by atoms with Gasteiger partial charge in [0.1, 0.15) is 5.82 Å². The third kappa shape index (κ3) is 4.90. The Balaban J connectivity index is 1.50. The van der Waals surface area contributed by atoms with E-state index in [4.69, 9.17) is 18.6 Å². The molecule has 2 N–H and O–H groups in total. The zero-order chi connectivity index (χ0) is 21.5. The average molecular weight is 428 g/mol. The number of rotatable bonds is 9. The molecule has 0 amide bonds. The highest BCUT2D eigenvalue weighted by atomic mass is 32.1. The number of thiocarbonyl (C=S) groups is 1. The van der Waals surface area contributed by atoms with Crippen LogP contribution in [0.5, 0.6) is 0 Å². The van der Waals surface area contributed by atoms with Gasteiger partial charge in [0.15, 0.2) is 5.82 Å². The first-order valence-electron chi connectivity index (χ1n) is 9.99. The zero-order valence-electron chi connectivity index (χ0n) is 16.8. The standard InChI is InChI=1S/C23H21N7S/c1-2-3-6-18(13-14-31)22-24-21(25-26-22)15-16-9-11-17(12-10-16)19-7-4-5-8-20(19)23-27-29-30-28-23/h1,4-5,7-12,14,18H,3,6,13,15H2,(H,24,25,26)(H,27,28,29,30). The Morgan fingerprint density at radius 1 is 1.06 bits per heavy atom. The number of hydrogen-bond donors (Lipinski definition) is 2. The average Bonchev–Trinajstić information content (AvgIpc) is 3.50. The minimum Gasteiger partial charge on any atom is -0.263 e. The Morgan fingerprint density at radius 3 is 2.58 bits per heavy atom. The quantitative estimate of drug-likeness (QED) is 0.308. The molecule has 2 aromatic carbocycles. The van der Waals surface area contributed by atoms with E-state index in [1.807, 2.05) is 18.2 Å². The summed E-state index contributed by atoms with van der Waals surface area (Å²) in [5.74, 6) is 5.01. The van der Waals surface area contributed by atoms with E-state index < -0.39 is 0 Å². The Kier molecular flexibility index (Phi) is 6.55. The summed E-state index contributed by atoms with van der Waals surface area (Å²) in [5, 5.41) is 23.6. The lowest BCUT2D eigenvalue weighted by Gasteiger charge is -2.08. The molecule has 1 atom stereocenters. The maximum atomic E-state index is 5.40. The molecule has 4 rings (SSSR count). The molecular formula is C23H21N7S. The van der Waals surface area contributed by atoms with Gasteiger partial charge in [-0.15, -0.1) is 22.5 Å². The molecule has 0 aliphatic heterocycles. The SMILES string of the molecule is C#CCCC(CC=S)c1n[nH]c(Cc2ccc(-c3ccccc3-c3nn[nH]n3)cc2)n1. The highest BCUT2D eigenvalue weighted by molar-refractivity contribution is 7.78. The molecule has 154 valence electrons. The maximum absolute atomic E-state index is 5.40. The number of benzene rings is 2. The molecule has 8 heteroatoms. The van der Waals surface area contributed by atoms with Crippen LogP contribution in [0.3, 0.4) is 0 Å². The van der Waals surface area contributed by atoms with E-state index in [1.165, 1.54) is 0 Å². The summed E-state index contributed by atoms with van der Waals surface area (Å²) in [5.41, 5.74) is 4.20. The number of aromatic nitrogens is 7. The van der Waals surface area contributed by atoms with Crippen molar-refractivity contribution < 1.29 is 0 Å². The Labute approximate surface area is 185 Å². The molecule has 1 unspecified atom stereocenters. The predicted molar refractivity (Wildman–Crippen MR) is 123 cm³/mol. The van der Waals surface area contributed by atoms with Crippen LogP contribution in [0.25, 0.3) is 22.5 Å². The van der Waals surface area contributed by atoms with Crippen molar-refractivity contribution in [2.24, 2.45) is 0 Å². The smallest absolute Gasteiger partial charge is 0.205 e. The Morgan fingerprint density at radius 2 is 1.87 bits per heavy atom. The maximum Gasteiger partial charge on any atom is 0.205 e.